The Balaban J connectivity index is 0.00000280. The number of piperazine rings is 1. The van der Waals surface area contributed by atoms with Gasteiger partial charge in [-0.15, -0.1) is 12.4 Å². The van der Waals surface area contributed by atoms with E-state index in [1.54, 1.807) is 0 Å². The quantitative estimate of drug-likeness (QED) is 0.815. The van der Waals surface area contributed by atoms with Crippen molar-refractivity contribution in [1.82, 2.24) is 10.2 Å². The first-order valence-corrected chi connectivity index (χ1v) is 9.64. The standard InChI is InChI=1S/C22H29N3O2.ClH/c1-4-27-20-10-8-19(9-11-20)16-23-22(26)25-14-12-24(13-15-25)21-7-5-6-17(2)18(21)3;/h5-11H,4,12-16H2,1-3H3,(H,23,26);1H. The Labute approximate surface area is 174 Å². The monoisotopic (exact) mass is 403 g/mol. The number of amides is 2. The molecule has 5 nitrogen and oxygen atoms in total. The Morgan fingerprint density at radius 3 is 2.36 bits per heavy atom. The summed E-state index contributed by atoms with van der Waals surface area (Å²) in [6.07, 6.45) is 0. The summed E-state index contributed by atoms with van der Waals surface area (Å²) in [7, 11) is 0. The highest BCUT2D eigenvalue weighted by Gasteiger charge is 2.22. The van der Waals surface area contributed by atoms with Crippen molar-refractivity contribution in [3.05, 3.63) is 59.2 Å². The van der Waals surface area contributed by atoms with Crippen molar-refractivity contribution in [2.24, 2.45) is 0 Å². The van der Waals surface area contributed by atoms with Gasteiger partial charge in [0, 0.05) is 38.4 Å². The summed E-state index contributed by atoms with van der Waals surface area (Å²) in [6.45, 7) is 10.7. The predicted molar refractivity (Wildman–Crippen MR) is 117 cm³/mol. The van der Waals surface area contributed by atoms with Crippen LogP contribution in [0.2, 0.25) is 0 Å². The molecule has 1 saturated heterocycles. The number of hydrogen-bond donors (Lipinski definition) is 1. The zero-order chi connectivity index (χ0) is 19.2. The number of nitrogens with one attached hydrogen (secondary N) is 1. The van der Waals surface area contributed by atoms with Crippen molar-refractivity contribution in [2.45, 2.75) is 27.3 Å². The molecule has 1 aliphatic rings. The van der Waals surface area contributed by atoms with Gasteiger partial charge >= 0.3 is 6.03 Å². The maximum absolute atomic E-state index is 12.5. The number of carbonyl (C=O) groups is 1. The lowest BCUT2D eigenvalue weighted by molar-refractivity contribution is 0.194. The average molecular weight is 404 g/mol. The Kier molecular flexibility index (Phi) is 8.00. The normalized spacial score (nSPS) is 13.7. The molecule has 2 amide bonds. The summed E-state index contributed by atoms with van der Waals surface area (Å²) in [4.78, 5) is 16.7. The third kappa shape index (κ3) is 5.32. The second kappa shape index (κ2) is 10.2. The number of halogens is 1. The number of hydrogen-bond acceptors (Lipinski definition) is 3. The molecule has 1 aliphatic heterocycles. The van der Waals surface area contributed by atoms with E-state index in [1.807, 2.05) is 36.1 Å². The summed E-state index contributed by atoms with van der Waals surface area (Å²) in [6, 6.07) is 14.3. The molecular formula is C22H30ClN3O2. The highest BCUT2D eigenvalue weighted by molar-refractivity contribution is 5.85. The molecule has 1 N–H and O–H groups in total. The average Bonchev–Trinajstić information content (AvgIpc) is 2.70. The van der Waals surface area contributed by atoms with Gasteiger partial charge in [-0.05, 0) is 55.7 Å². The van der Waals surface area contributed by atoms with Gasteiger partial charge in [-0.2, -0.15) is 0 Å². The van der Waals surface area contributed by atoms with Gasteiger partial charge in [0.1, 0.15) is 5.75 Å². The maximum atomic E-state index is 12.5. The van der Waals surface area contributed by atoms with Crippen molar-refractivity contribution < 1.29 is 9.53 Å². The molecular weight excluding hydrogens is 374 g/mol. The summed E-state index contributed by atoms with van der Waals surface area (Å²) >= 11 is 0. The van der Waals surface area contributed by atoms with E-state index in [0.29, 0.717) is 13.2 Å². The van der Waals surface area contributed by atoms with Crippen LogP contribution in [0.15, 0.2) is 42.5 Å². The van der Waals surface area contributed by atoms with Crippen molar-refractivity contribution in [3.8, 4) is 5.75 Å². The van der Waals surface area contributed by atoms with Crippen molar-refractivity contribution in [1.29, 1.82) is 0 Å². The molecule has 28 heavy (non-hydrogen) atoms. The van der Waals surface area contributed by atoms with Crippen molar-refractivity contribution in [2.75, 3.05) is 37.7 Å². The summed E-state index contributed by atoms with van der Waals surface area (Å²) in [5, 5.41) is 3.02. The molecule has 3 rings (SSSR count). The molecule has 1 fully saturated rings. The second-order valence-electron chi connectivity index (χ2n) is 6.93. The second-order valence-corrected chi connectivity index (χ2v) is 6.93. The minimum absolute atomic E-state index is 0. The van der Waals surface area contributed by atoms with Crippen LogP contribution in [0, 0.1) is 13.8 Å². The van der Waals surface area contributed by atoms with E-state index in [0.717, 1.165) is 37.5 Å². The van der Waals surface area contributed by atoms with Crippen LogP contribution in [0.25, 0.3) is 0 Å². The van der Waals surface area contributed by atoms with Gasteiger partial charge in [0.15, 0.2) is 0 Å². The fourth-order valence-electron chi connectivity index (χ4n) is 3.39. The van der Waals surface area contributed by atoms with Crippen LogP contribution in [-0.2, 0) is 6.54 Å². The van der Waals surface area contributed by atoms with Crippen LogP contribution >= 0.6 is 12.4 Å². The third-order valence-corrected chi connectivity index (χ3v) is 5.16. The number of nitrogens with zero attached hydrogens (tertiary/aromatic N) is 2. The first kappa shape index (κ1) is 21.9. The number of benzene rings is 2. The third-order valence-electron chi connectivity index (χ3n) is 5.16. The number of aryl methyl sites for hydroxylation is 1. The summed E-state index contributed by atoms with van der Waals surface area (Å²) < 4.78 is 5.44. The fourth-order valence-corrected chi connectivity index (χ4v) is 3.39. The molecule has 0 saturated carbocycles. The van der Waals surface area contributed by atoms with Gasteiger partial charge in [0.2, 0.25) is 0 Å². The SMILES string of the molecule is CCOc1ccc(CNC(=O)N2CCN(c3cccc(C)c3C)CC2)cc1.Cl. The van der Waals surface area contributed by atoms with E-state index >= 15 is 0 Å². The number of urea groups is 1. The Morgan fingerprint density at radius 1 is 1.04 bits per heavy atom. The van der Waals surface area contributed by atoms with Gasteiger partial charge < -0.3 is 19.9 Å². The lowest BCUT2D eigenvalue weighted by Crippen LogP contribution is -2.51. The van der Waals surface area contributed by atoms with Gasteiger partial charge in [-0.25, -0.2) is 4.79 Å². The van der Waals surface area contributed by atoms with E-state index in [-0.39, 0.29) is 18.4 Å². The molecule has 0 unspecified atom stereocenters. The van der Waals surface area contributed by atoms with Crippen LogP contribution < -0.4 is 15.0 Å². The zero-order valence-electron chi connectivity index (χ0n) is 16.9. The van der Waals surface area contributed by atoms with E-state index in [1.165, 1.54) is 16.8 Å². The Morgan fingerprint density at radius 2 is 1.71 bits per heavy atom. The number of anilines is 1. The Bertz CT molecular complexity index is 772. The molecule has 0 atom stereocenters. The van der Waals surface area contributed by atoms with Crippen LogP contribution in [0.3, 0.4) is 0 Å². The first-order chi connectivity index (χ1) is 13.1. The van der Waals surface area contributed by atoms with Gasteiger partial charge in [0.25, 0.3) is 0 Å². The van der Waals surface area contributed by atoms with E-state index in [9.17, 15) is 4.79 Å². The molecule has 0 aromatic heterocycles. The highest BCUT2D eigenvalue weighted by Crippen LogP contribution is 2.23. The summed E-state index contributed by atoms with van der Waals surface area (Å²) in [5.74, 6) is 0.857. The molecule has 2 aromatic rings. The topological polar surface area (TPSA) is 44.8 Å². The number of rotatable bonds is 5. The van der Waals surface area contributed by atoms with Crippen LogP contribution in [-0.4, -0.2) is 43.7 Å². The van der Waals surface area contributed by atoms with Crippen molar-refractivity contribution >= 4 is 24.1 Å². The summed E-state index contributed by atoms with van der Waals surface area (Å²) in [5.41, 5.74) is 4.99. The number of ether oxygens (including phenoxy) is 1. The molecule has 6 heteroatoms. The largest absolute Gasteiger partial charge is 0.494 e. The molecule has 0 aliphatic carbocycles. The van der Waals surface area contributed by atoms with E-state index in [4.69, 9.17) is 4.74 Å². The molecule has 2 aromatic carbocycles. The molecule has 152 valence electrons. The van der Waals surface area contributed by atoms with Crippen LogP contribution in [0.1, 0.15) is 23.6 Å². The van der Waals surface area contributed by atoms with E-state index < -0.39 is 0 Å². The molecule has 0 bridgehead atoms. The van der Waals surface area contributed by atoms with Crippen LogP contribution in [0.5, 0.6) is 5.75 Å². The smallest absolute Gasteiger partial charge is 0.317 e. The predicted octanol–water partition coefficient (Wildman–Crippen LogP) is 4.16. The van der Waals surface area contributed by atoms with Gasteiger partial charge in [-0.3, -0.25) is 0 Å². The van der Waals surface area contributed by atoms with Crippen LogP contribution in [0.4, 0.5) is 10.5 Å². The zero-order valence-corrected chi connectivity index (χ0v) is 17.7. The number of carbonyl (C=O) groups excluding carboxylic acids is 1. The first-order valence-electron chi connectivity index (χ1n) is 9.64. The van der Waals surface area contributed by atoms with Gasteiger partial charge in [-0.1, -0.05) is 24.3 Å². The van der Waals surface area contributed by atoms with E-state index in [2.05, 4.69) is 42.3 Å². The maximum Gasteiger partial charge on any atom is 0.317 e. The molecule has 0 radical (unpaired) electrons. The van der Waals surface area contributed by atoms with Gasteiger partial charge in [0.05, 0.1) is 6.61 Å². The van der Waals surface area contributed by atoms with Crippen molar-refractivity contribution in [3.63, 3.8) is 0 Å². The highest BCUT2D eigenvalue weighted by atomic mass is 35.5. The minimum Gasteiger partial charge on any atom is -0.494 e. The lowest BCUT2D eigenvalue weighted by Gasteiger charge is -2.37. The molecule has 0 spiro atoms. The lowest BCUT2D eigenvalue weighted by atomic mass is 10.1. The Hall–Kier alpha value is -2.40. The molecule has 1 heterocycles. The minimum atomic E-state index is 0. The fraction of sp³-hybridized carbons (Fsp3) is 0.409.